The first kappa shape index (κ1) is 13.1. The molecule has 1 saturated heterocycles. The van der Waals surface area contributed by atoms with Gasteiger partial charge in [0.05, 0.1) is 0 Å². The van der Waals surface area contributed by atoms with Crippen molar-refractivity contribution in [1.82, 2.24) is 15.2 Å². The lowest BCUT2D eigenvalue weighted by Crippen LogP contribution is -2.46. The molecule has 3 rings (SSSR count). The van der Waals surface area contributed by atoms with Crippen LogP contribution in [0.1, 0.15) is 18.4 Å². The number of hydrogen-bond donors (Lipinski definition) is 1. The Balaban J connectivity index is 1.70. The Morgan fingerprint density at radius 3 is 3.05 bits per heavy atom. The lowest BCUT2D eigenvalue weighted by atomic mass is 10.0. The molecule has 1 aliphatic heterocycles. The number of piperidine rings is 1. The van der Waals surface area contributed by atoms with E-state index in [2.05, 4.69) is 28.5 Å². The van der Waals surface area contributed by atoms with Crippen molar-refractivity contribution in [2.24, 2.45) is 0 Å². The molecule has 1 atom stereocenters. The molecule has 1 aromatic heterocycles. The number of rotatable bonds is 3. The van der Waals surface area contributed by atoms with Gasteiger partial charge in [0.25, 0.3) is 0 Å². The van der Waals surface area contributed by atoms with Gasteiger partial charge in [-0.1, -0.05) is 24.3 Å². The summed E-state index contributed by atoms with van der Waals surface area (Å²) in [5.74, 6) is 0.245. The van der Waals surface area contributed by atoms with Crippen molar-refractivity contribution in [1.29, 1.82) is 0 Å². The number of likely N-dealkylation sites (tertiary alicyclic amines) is 1. The third-order valence-corrected chi connectivity index (χ3v) is 3.96. The van der Waals surface area contributed by atoms with Crippen LogP contribution >= 0.6 is 0 Å². The van der Waals surface area contributed by atoms with Gasteiger partial charge < -0.3 is 10.2 Å². The molecule has 1 unspecified atom stereocenters. The van der Waals surface area contributed by atoms with Crippen molar-refractivity contribution in [3.63, 3.8) is 0 Å². The molecule has 20 heavy (non-hydrogen) atoms. The van der Waals surface area contributed by atoms with Gasteiger partial charge in [-0.15, -0.1) is 0 Å². The topological polar surface area (TPSA) is 45.2 Å². The van der Waals surface area contributed by atoms with Crippen LogP contribution in [0.15, 0.2) is 36.7 Å². The van der Waals surface area contributed by atoms with Gasteiger partial charge in [0.1, 0.15) is 0 Å². The molecule has 1 amide bonds. The van der Waals surface area contributed by atoms with Crippen molar-refractivity contribution in [3.05, 3.63) is 42.2 Å². The highest BCUT2D eigenvalue weighted by Crippen LogP contribution is 2.17. The smallest absolute Gasteiger partial charge is 0.222 e. The number of pyridine rings is 1. The van der Waals surface area contributed by atoms with E-state index in [1.54, 1.807) is 0 Å². The van der Waals surface area contributed by atoms with Crippen LogP contribution in [0, 0.1) is 0 Å². The molecule has 2 heterocycles. The minimum Gasteiger partial charge on any atom is -0.344 e. The Hall–Kier alpha value is -1.94. The maximum atomic E-state index is 11.5. The highest BCUT2D eigenvalue weighted by Gasteiger charge is 2.22. The molecule has 1 fully saturated rings. The van der Waals surface area contributed by atoms with Gasteiger partial charge in [-0.3, -0.25) is 9.78 Å². The zero-order valence-corrected chi connectivity index (χ0v) is 11.7. The monoisotopic (exact) mass is 269 g/mol. The van der Waals surface area contributed by atoms with Crippen molar-refractivity contribution in [2.45, 2.75) is 25.4 Å². The van der Waals surface area contributed by atoms with Crippen molar-refractivity contribution < 1.29 is 4.79 Å². The zero-order valence-electron chi connectivity index (χ0n) is 11.7. The van der Waals surface area contributed by atoms with Crippen LogP contribution in [-0.4, -0.2) is 35.4 Å². The Kier molecular flexibility index (Phi) is 3.65. The van der Waals surface area contributed by atoms with Gasteiger partial charge in [0, 0.05) is 50.4 Å². The minimum absolute atomic E-state index is 0.245. The van der Waals surface area contributed by atoms with Gasteiger partial charge in [-0.25, -0.2) is 0 Å². The average Bonchev–Trinajstić information content (AvgIpc) is 2.48. The number of amides is 1. The van der Waals surface area contributed by atoms with Gasteiger partial charge in [0.2, 0.25) is 5.91 Å². The molecule has 0 saturated carbocycles. The average molecular weight is 269 g/mol. The summed E-state index contributed by atoms with van der Waals surface area (Å²) in [6.45, 7) is 1.58. The third kappa shape index (κ3) is 2.65. The van der Waals surface area contributed by atoms with Crippen molar-refractivity contribution in [2.75, 3.05) is 13.6 Å². The lowest BCUT2D eigenvalue weighted by Gasteiger charge is -2.30. The van der Waals surface area contributed by atoms with Gasteiger partial charge in [-0.05, 0) is 17.4 Å². The van der Waals surface area contributed by atoms with Crippen molar-refractivity contribution in [3.8, 4) is 0 Å². The molecular weight excluding hydrogens is 250 g/mol. The summed E-state index contributed by atoms with van der Waals surface area (Å²) in [6, 6.07) is 8.67. The number of benzene rings is 1. The second kappa shape index (κ2) is 5.59. The van der Waals surface area contributed by atoms with Gasteiger partial charge >= 0.3 is 0 Å². The summed E-state index contributed by atoms with van der Waals surface area (Å²) in [6.07, 6.45) is 5.38. The highest BCUT2D eigenvalue weighted by atomic mass is 16.2. The van der Waals surface area contributed by atoms with Gasteiger partial charge in [0.15, 0.2) is 0 Å². The molecule has 1 N–H and O–H groups in total. The van der Waals surface area contributed by atoms with E-state index in [0.29, 0.717) is 12.5 Å². The predicted octanol–water partition coefficient (Wildman–Crippen LogP) is 1.95. The molecule has 0 spiro atoms. The SMILES string of the molecule is CN1CC(NCc2cncc3ccccc23)CCC1=O. The standard InChI is InChI=1S/C16H19N3O/c1-19-11-14(6-7-16(19)20)18-10-13-9-17-8-12-4-2-3-5-15(12)13/h2-5,8-9,14,18H,6-7,10-11H2,1H3. The van der Waals surface area contributed by atoms with E-state index in [0.717, 1.165) is 19.5 Å². The van der Waals surface area contributed by atoms with Crippen LogP contribution in [0.2, 0.25) is 0 Å². The summed E-state index contributed by atoms with van der Waals surface area (Å²) >= 11 is 0. The fourth-order valence-electron chi connectivity index (χ4n) is 2.75. The largest absolute Gasteiger partial charge is 0.344 e. The number of hydrogen-bond acceptors (Lipinski definition) is 3. The number of carbonyl (C=O) groups excluding carboxylic acids is 1. The summed E-state index contributed by atoms with van der Waals surface area (Å²) < 4.78 is 0. The van der Waals surface area contributed by atoms with Crippen LogP contribution in [0.25, 0.3) is 10.8 Å². The first-order chi connectivity index (χ1) is 9.74. The van der Waals surface area contributed by atoms with E-state index in [-0.39, 0.29) is 5.91 Å². The Morgan fingerprint density at radius 1 is 1.35 bits per heavy atom. The minimum atomic E-state index is 0.245. The number of fused-ring (bicyclic) bond motifs is 1. The second-order valence-corrected chi connectivity index (χ2v) is 5.41. The number of likely N-dealkylation sites (N-methyl/N-ethyl adjacent to an activating group) is 1. The molecule has 4 heteroatoms. The molecule has 104 valence electrons. The lowest BCUT2D eigenvalue weighted by molar-refractivity contribution is -0.132. The molecular formula is C16H19N3O. The van der Waals surface area contributed by atoms with Crippen LogP contribution in [0.5, 0.6) is 0 Å². The Labute approximate surface area is 118 Å². The van der Waals surface area contributed by atoms with Gasteiger partial charge in [-0.2, -0.15) is 0 Å². The molecule has 1 aromatic carbocycles. The number of nitrogens with one attached hydrogen (secondary N) is 1. The summed E-state index contributed by atoms with van der Waals surface area (Å²) in [7, 11) is 1.87. The molecule has 2 aromatic rings. The molecule has 0 bridgehead atoms. The fourth-order valence-corrected chi connectivity index (χ4v) is 2.75. The number of carbonyl (C=O) groups is 1. The maximum absolute atomic E-state index is 11.5. The molecule has 1 aliphatic rings. The summed E-state index contributed by atoms with van der Waals surface area (Å²) in [4.78, 5) is 17.6. The molecule has 0 radical (unpaired) electrons. The molecule has 0 aliphatic carbocycles. The van der Waals surface area contributed by atoms with Crippen LogP contribution in [0.3, 0.4) is 0 Å². The highest BCUT2D eigenvalue weighted by molar-refractivity contribution is 5.84. The van der Waals surface area contributed by atoms with Crippen LogP contribution in [0.4, 0.5) is 0 Å². The maximum Gasteiger partial charge on any atom is 0.222 e. The Bertz CT molecular complexity index is 621. The van der Waals surface area contributed by atoms with E-state index < -0.39 is 0 Å². The normalized spacial score (nSPS) is 19.6. The van der Waals surface area contributed by atoms with E-state index in [1.165, 1.54) is 16.3 Å². The number of nitrogens with zero attached hydrogens (tertiary/aromatic N) is 2. The second-order valence-electron chi connectivity index (χ2n) is 5.41. The first-order valence-corrected chi connectivity index (χ1v) is 7.03. The fraction of sp³-hybridized carbons (Fsp3) is 0.375. The van der Waals surface area contributed by atoms with Crippen LogP contribution in [-0.2, 0) is 11.3 Å². The molecule has 4 nitrogen and oxygen atoms in total. The van der Waals surface area contributed by atoms with E-state index in [4.69, 9.17) is 0 Å². The number of aromatic nitrogens is 1. The first-order valence-electron chi connectivity index (χ1n) is 7.03. The quantitative estimate of drug-likeness (QED) is 0.926. The predicted molar refractivity (Wildman–Crippen MR) is 79.2 cm³/mol. The summed E-state index contributed by atoms with van der Waals surface area (Å²) in [5.41, 5.74) is 1.21. The Morgan fingerprint density at radius 2 is 2.20 bits per heavy atom. The van der Waals surface area contributed by atoms with E-state index in [1.807, 2.05) is 30.4 Å². The van der Waals surface area contributed by atoms with E-state index >= 15 is 0 Å². The van der Waals surface area contributed by atoms with Crippen LogP contribution < -0.4 is 5.32 Å². The van der Waals surface area contributed by atoms with Crippen molar-refractivity contribution >= 4 is 16.7 Å². The zero-order chi connectivity index (χ0) is 13.9. The van der Waals surface area contributed by atoms with E-state index in [9.17, 15) is 4.79 Å². The third-order valence-electron chi connectivity index (χ3n) is 3.96. The summed E-state index contributed by atoms with van der Waals surface area (Å²) in [5, 5.41) is 5.96.